The van der Waals surface area contributed by atoms with Crippen LogP contribution in [0.15, 0.2) is 12.1 Å². The number of piperidine rings is 1. The lowest BCUT2D eigenvalue weighted by Crippen LogP contribution is -2.42. The Labute approximate surface area is 117 Å². The minimum absolute atomic E-state index is 0.152. The van der Waals surface area contributed by atoms with E-state index in [2.05, 4.69) is 29.2 Å². The molecule has 1 aliphatic rings. The molecule has 0 spiro atoms. The van der Waals surface area contributed by atoms with E-state index in [4.69, 9.17) is 5.26 Å². The number of hydrogen-bond donors (Lipinski definition) is 1. The van der Waals surface area contributed by atoms with Gasteiger partial charge in [-0.15, -0.1) is 0 Å². The van der Waals surface area contributed by atoms with E-state index in [1.165, 1.54) is 6.07 Å². The quantitative estimate of drug-likeness (QED) is 0.667. The van der Waals surface area contributed by atoms with Crippen molar-refractivity contribution in [1.82, 2.24) is 9.88 Å². The summed E-state index contributed by atoms with van der Waals surface area (Å²) in [4.78, 5) is 16.5. The molecule has 1 fully saturated rings. The summed E-state index contributed by atoms with van der Waals surface area (Å²) in [6.07, 6.45) is 1.97. The highest BCUT2D eigenvalue weighted by Gasteiger charge is 2.23. The number of aromatic nitrogens is 1. The van der Waals surface area contributed by atoms with Gasteiger partial charge in [-0.05, 0) is 32.9 Å². The number of hydrogen-bond acceptors (Lipinski definition) is 6. The third kappa shape index (κ3) is 3.03. The highest BCUT2D eigenvalue weighted by Crippen LogP contribution is 2.22. The summed E-state index contributed by atoms with van der Waals surface area (Å²) < 4.78 is 0. The molecule has 0 radical (unpaired) electrons. The standard InChI is InChI=1S/C13H17N5O2/c1-9-7-10(5-6-17(9)2)15-13-4-3-12(18(19)20)11(8-14)16-13/h3-4,9-10H,5-7H2,1-2H3,(H,15,16). The van der Waals surface area contributed by atoms with Gasteiger partial charge in [0.05, 0.1) is 4.92 Å². The van der Waals surface area contributed by atoms with Crippen molar-refractivity contribution in [2.75, 3.05) is 18.9 Å². The minimum atomic E-state index is -0.590. The molecule has 1 aromatic heterocycles. The van der Waals surface area contributed by atoms with Gasteiger partial charge >= 0.3 is 5.69 Å². The van der Waals surface area contributed by atoms with Crippen LogP contribution in [-0.2, 0) is 0 Å². The Morgan fingerprint density at radius 2 is 2.35 bits per heavy atom. The van der Waals surface area contributed by atoms with Crippen LogP contribution in [0, 0.1) is 21.4 Å². The van der Waals surface area contributed by atoms with Crippen molar-refractivity contribution in [3.63, 3.8) is 0 Å². The zero-order valence-corrected chi connectivity index (χ0v) is 11.5. The molecule has 7 nitrogen and oxygen atoms in total. The predicted molar refractivity (Wildman–Crippen MR) is 74.3 cm³/mol. The van der Waals surface area contributed by atoms with Gasteiger partial charge in [-0.25, -0.2) is 4.98 Å². The fourth-order valence-electron chi connectivity index (χ4n) is 2.39. The fourth-order valence-corrected chi connectivity index (χ4v) is 2.39. The van der Waals surface area contributed by atoms with Gasteiger partial charge in [0, 0.05) is 24.7 Å². The first-order valence-corrected chi connectivity index (χ1v) is 6.53. The van der Waals surface area contributed by atoms with Crippen LogP contribution in [0.25, 0.3) is 0 Å². The zero-order valence-electron chi connectivity index (χ0n) is 11.5. The summed E-state index contributed by atoms with van der Waals surface area (Å²) >= 11 is 0. The second-order valence-corrected chi connectivity index (χ2v) is 5.13. The van der Waals surface area contributed by atoms with Gasteiger partial charge < -0.3 is 10.2 Å². The molecule has 1 aromatic rings. The van der Waals surface area contributed by atoms with Gasteiger partial charge in [0.1, 0.15) is 11.9 Å². The number of nitro groups is 1. The van der Waals surface area contributed by atoms with Crippen LogP contribution < -0.4 is 5.32 Å². The van der Waals surface area contributed by atoms with Gasteiger partial charge in [-0.2, -0.15) is 5.26 Å². The summed E-state index contributed by atoms with van der Waals surface area (Å²) in [6, 6.07) is 5.41. The van der Waals surface area contributed by atoms with Gasteiger partial charge in [0.25, 0.3) is 0 Å². The molecule has 20 heavy (non-hydrogen) atoms. The molecule has 2 atom stereocenters. The molecule has 0 saturated carbocycles. The number of likely N-dealkylation sites (tertiary alicyclic amines) is 1. The Balaban J connectivity index is 2.11. The molecule has 7 heteroatoms. The topological polar surface area (TPSA) is 95.1 Å². The van der Waals surface area contributed by atoms with Crippen LogP contribution in [-0.4, -0.2) is 40.5 Å². The first-order valence-electron chi connectivity index (χ1n) is 6.53. The van der Waals surface area contributed by atoms with E-state index in [-0.39, 0.29) is 17.4 Å². The predicted octanol–water partition coefficient (Wildman–Crippen LogP) is 1.76. The summed E-state index contributed by atoms with van der Waals surface area (Å²) in [5.41, 5.74) is -0.407. The highest BCUT2D eigenvalue weighted by atomic mass is 16.6. The monoisotopic (exact) mass is 275 g/mol. The van der Waals surface area contributed by atoms with Crippen molar-refractivity contribution in [2.45, 2.75) is 31.8 Å². The molecular formula is C13H17N5O2. The van der Waals surface area contributed by atoms with Gasteiger partial charge in [-0.3, -0.25) is 10.1 Å². The van der Waals surface area contributed by atoms with Crippen molar-refractivity contribution in [3.8, 4) is 6.07 Å². The van der Waals surface area contributed by atoms with Crippen molar-refractivity contribution in [3.05, 3.63) is 27.9 Å². The second kappa shape index (κ2) is 5.84. The molecule has 0 aliphatic carbocycles. The molecule has 1 N–H and O–H groups in total. The molecular weight excluding hydrogens is 258 g/mol. The van der Waals surface area contributed by atoms with Crippen molar-refractivity contribution < 1.29 is 4.92 Å². The minimum Gasteiger partial charge on any atom is -0.367 e. The molecule has 0 aromatic carbocycles. The van der Waals surface area contributed by atoms with Crippen LogP contribution in [0.3, 0.4) is 0 Å². The van der Waals surface area contributed by atoms with Crippen molar-refractivity contribution in [2.24, 2.45) is 0 Å². The fraction of sp³-hybridized carbons (Fsp3) is 0.538. The average Bonchev–Trinajstić information content (AvgIpc) is 2.42. The lowest BCUT2D eigenvalue weighted by Gasteiger charge is -2.35. The normalized spacial score (nSPS) is 23.1. The van der Waals surface area contributed by atoms with Crippen LogP contribution in [0.5, 0.6) is 0 Å². The Hall–Kier alpha value is -2.20. The summed E-state index contributed by atoms with van der Waals surface area (Å²) in [6.45, 7) is 3.16. The van der Waals surface area contributed by atoms with E-state index < -0.39 is 4.92 Å². The molecule has 1 aliphatic heterocycles. The third-order valence-electron chi connectivity index (χ3n) is 3.74. The van der Waals surface area contributed by atoms with Crippen LogP contribution in [0.1, 0.15) is 25.5 Å². The van der Waals surface area contributed by atoms with E-state index in [9.17, 15) is 10.1 Å². The SMILES string of the molecule is CC1CC(Nc2ccc([N+](=O)[O-])c(C#N)n2)CCN1C. The Kier molecular flexibility index (Phi) is 4.15. The maximum absolute atomic E-state index is 10.7. The van der Waals surface area contributed by atoms with E-state index in [0.717, 1.165) is 19.4 Å². The van der Waals surface area contributed by atoms with E-state index in [0.29, 0.717) is 11.9 Å². The Morgan fingerprint density at radius 3 is 2.95 bits per heavy atom. The van der Waals surface area contributed by atoms with Gasteiger partial charge in [0.15, 0.2) is 0 Å². The van der Waals surface area contributed by atoms with E-state index in [1.807, 2.05) is 0 Å². The van der Waals surface area contributed by atoms with Crippen molar-refractivity contribution >= 4 is 11.5 Å². The largest absolute Gasteiger partial charge is 0.367 e. The Morgan fingerprint density at radius 1 is 1.60 bits per heavy atom. The van der Waals surface area contributed by atoms with Crippen molar-refractivity contribution in [1.29, 1.82) is 5.26 Å². The number of pyridine rings is 1. The van der Waals surface area contributed by atoms with Crippen LogP contribution in [0.2, 0.25) is 0 Å². The number of rotatable bonds is 3. The second-order valence-electron chi connectivity index (χ2n) is 5.13. The molecule has 0 bridgehead atoms. The van der Waals surface area contributed by atoms with Crippen LogP contribution in [0.4, 0.5) is 11.5 Å². The molecule has 106 valence electrons. The summed E-state index contributed by atoms with van der Waals surface area (Å²) in [5.74, 6) is 0.522. The summed E-state index contributed by atoms with van der Waals surface area (Å²) in [5, 5.41) is 22.9. The van der Waals surface area contributed by atoms with E-state index in [1.54, 1.807) is 12.1 Å². The smallest absolute Gasteiger partial charge is 0.305 e. The number of nitrogens with one attached hydrogen (secondary N) is 1. The zero-order chi connectivity index (χ0) is 14.7. The highest BCUT2D eigenvalue weighted by molar-refractivity contribution is 5.50. The molecule has 1 saturated heterocycles. The average molecular weight is 275 g/mol. The lowest BCUT2D eigenvalue weighted by molar-refractivity contribution is -0.385. The Bertz CT molecular complexity index is 554. The first-order chi connectivity index (χ1) is 9.51. The van der Waals surface area contributed by atoms with Crippen LogP contribution >= 0.6 is 0 Å². The van der Waals surface area contributed by atoms with Gasteiger partial charge in [0.2, 0.25) is 5.69 Å². The summed E-state index contributed by atoms with van der Waals surface area (Å²) in [7, 11) is 2.10. The molecule has 2 unspecified atom stereocenters. The number of nitrogens with zero attached hydrogens (tertiary/aromatic N) is 4. The number of anilines is 1. The molecule has 2 heterocycles. The maximum Gasteiger partial charge on any atom is 0.305 e. The molecule has 2 rings (SSSR count). The molecule has 0 amide bonds. The third-order valence-corrected chi connectivity index (χ3v) is 3.74. The van der Waals surface area contributed by atoms with E-state index >= 15 is 0 Å². The van der Waals surface area contributed by atoms with Gasteiger partial charge in [-0.1, -0.05) is 0 Å². The first kappa shape index (κ1) is 14.2. The lowest BCUT2D eigenvalue weighted by atomic mass is 9.99. The maximum atomic E-state index is 10.7. The number of nitriles is 1.